The van der Waals surface area contributed by atoms with Crippen molar-refractivity contribution in [2.45, 2.75) is 261 Å². The Morgan fingerprint density at radius 3 is 0.653 bits per heavy atom. The Morgan fingerprint density at radius 2 is 0.413 bits per heavy atom. The van der Waals surface area contributed by atoms with Gasteiger partial charge in [0.1, 0.15) is 0 Å². The maximum atomic E-state index is 2.46. The third kappa shape index (κ3) is 21.1. The summed E-state index contributed by atoms with van der Waals surface area (Å²) in [5.74, 6) is 0. The zero-order valence-corrected chi connectivity index (χ0v) is 54.0. The second-order valence-corrected chi connectivity index (χ2v) is 30.1. The van der Waals surface area contributed by atoms with Gasteiger partial charge in [-0.1, -0.05) is 182 Å². The summed E-state index contributed by atoms with van der Waals surface area (Å²) in [6.45, 7) is 18.3. The molecule has 0 N–H and O–H groups in total. The number of rotatable bonds is 37. The molecule has 0 unspecified atom stereocenters. The van der Waals surface area contributed by atoms with Gasteiger partial charge in [-0.05, 0) is 162 Å². The lowest BCUT2D eigenvalue weighted by atomic mass is 10.0. The molecule has 0 aromatic carbocycles. The van der Waals surface area contributed by atoms with Crippen LogP contribution in [0.1, 0.15) is 249 Å². The molecule has 0 atom stereocenters. The molecule has 0 nitrogen and oxygen atoms in total. The molecule has 7 aromatic heterocycles. The third-order valence-corrected chi connectivity index (χ3v) is 23.4. The van der Waals surface area contributed by atoms with Crippen LogP contribution in [0.2, 0.25) is 0 Å². The van der Waals surface area contributed by atoms with Crippen LogP contribution in [0.15, 0.2) is 60.7 Å². The summed E-state index contributed by atoms with van der Waals surface area (Å²) in [5.41, 5.74) is 6.29. The SMILES string of the molecule is CCCCCCCCCCCCc1cc(C)sc1-c1ccc(-c2ccc(-c3sc(C)cc3CCCCCCCCCCCC)s2)s1.CCCCCCc1cc(C)sc1-c1ccc(-c2sc(C)cc2CCCCCC)s1. The Hall–Kier alpha value is -2.10. The van der Waals surface area contributed by atoms with E-state index >= 15 is 0 Å². The van der Waals surface area contributed by atoms with Crippen molar-refractivity contribution in [2.75, 3.05) is 0 Å². The van der Waals surface area contributed by atoms with Crippen molar-refractivity contribution >= 4 is 79.4 Å². The molecular weight excluding hydrogens is 1040 g/mol. The van der Waals surface area contributed by atoms with Gasteiger partial charge in [0.05, 0.1) is 0 Å². The molecule has 412 valence electrons. The highest BCUT2D eigenvalue weighted by molar-refractivity contribution is 7.29. The molecule has 0 aliphatic rings. The van der Waals surface area contributed by atoms with Gasteiger partial charge in [-0.3, -0.25) is 0 Å². The molecule has 7 aromatic rings. The van der Waals surface area contributed by atoms with E-state index in [1.807, 2.05) is 79.4 Å². The van der Waals surface area contributed by atoms with E-state index in [2.05, 4.69) is 116 Å². The van der Waals surface area contributed by atoms with Crippen LogP contribution in [-0.2, 0) is 25.7 Å². The van der Waals surface area contributed by atoms with Gasteiger partial charge in [-0.2, -0.15) is 0 Å². The van der Waals surface area contributed by atoms with Crippen molar-refractivity contribution in [3.63, 3.8) is 0 Å². The van der Waals surface area contributed by atoms with Gasteiger partial charge >= 0.3 is 0 Å². The normalized spacial score (nSPS) is 11.6. The molecule has 0 fully saturated rings. The monoisotopic (exact) mass is 1140 g/mol. The number of hydrogen-bond acceptors (Lipinski definition) is 7. The van der Waals surface area contributed by atoms with Gasteiger partial charge in [0.25, 0.3) is 0 Å². The standard InChI is InChI=1S/C42H62S4.C26H36S3/c1-5-7-9-11-13-15-17-19-21-23-25-35-31-33(3)43-41(35)39-29-27-37(45-39)38-28-30-40(46-38)42-36(32-34(4)44-42)26-24-22-20-18-16-14-12-10-8-6-2;1-5-7-9-11-13-21-17-19(3)27-25(21)23-15-16-24(29-23)26-22(18-20(4)28-26)14-12-10-8-6-2/h27-32H,5-26H2,1-4H3;15-18H,5-14H2,1-4H3. The van der Waals surface area contributed by atoms with Crippen LogP contribution < -0.4 is 0 Å². The first kappa shape index (κ1) is 62.1. The number of hydrogen-bond donors (Lipinski definition) is 0. The molecular formula is C68H98S7. The van der Waals surface area contributed by atoms with Gasteiger partial charge in [0.15, 0.2) is 0 Å². The first-order valence-corrected chi connectivity index (χ1v) is 36.1. The Kier molecular flexibility index (Phi) is 29.4. The van der Waals surface area contributed by atoms with Crippen LogP contribution in [0.4, 0.5) is 0 Å². The molecule has 0 spiro atoms. The van der Waals surface area contributed by atoms with E-state index in [1.54, 1.807) is 22.3 Å². The number of thiophene rings is 7. The van der Waals surface area contributed by atoms with Crippen molar-refractivity contribution in [3.05, 3.63) is 102 Å². The van der Waals surface area contributed by atoms with Gasteiger partial charge < -0.3 is 0 Å². The van der Waals surface area contributed by atoms with Crippen LogP contribution >= 0.6 is 79.4 Å². The minimum absolute atomic E-state index is 1.23. The van der Waals surface area contributed by atoms with E-state index in [4.69, 9.17) is 0 Å². The average Bonchev–Trinajstić information content (AvgIpc) is 4.28. The van der Waals surface area contributed by atoms with Crippen molar-refractivity contribution in [1.82, 2.24) is 0 Å². The Morgan fingerprint density at radius 1 is 0.227 bits per heavy atom. The summed E-state index contributed by atoms with van der Waals surface area (Å²) in [4.78, 5) is 20.6. The molecule has 0 amide bonds. The molecule has 0 saturated heterocycles. The van der Waals surface area contributed by atoms with Crippen LogP contribution in [0.3, 0.4) is 0 Å². The average molecular weight is 1140 g/mol. The topological polar surface area (TPSA) is 0 Å². The summed E-state index contributed by atoms with van der Waals surface area (Å²) >= 11 is 14.0. The van der Waals surface area contributed by atoms with Crippen LogP contribution in [0.5, 0.6) is 0 Å². The minimum Gasteiger partial charge on any atom is -0.139 e. The van der Waals surface area contributed by atoms with E-state index in [-0.39, 0.29) is 0 Å². The second-order valence-electron chi connectivity index (χ2n) is 21.8. The van der Waals surface area contributed by atoms with Crippen molar-refractivity contribution in [3.8, 4) is 48.8 Å². The zero-order valence-electron chi connectivity index (χ0n) is 48.3. The summed E-state index contributed by atoms with van der Waals surface area (Å²) < 4.78 is 0. The molecule has 0 bridgehead atoms. The third-order valence-electron chi connectivity index (χ3n) is 14.9. The van der Waals surface area contributed by atoms with E-state index in [0.29, 0.717) is 0 Å². The molecule has 0 saturated carbocycles. The summed E-state index contributed by atoms with van der Waals surface area (Å²) in [6, 6.07) is 24.1. The van der Waals surface area contributed by atoms with E-state index < -0.39 is 0 Å². The highest BCUT2D eigenvalue weighted by atomic mass is 32.1. The maximum Gasteiger partial charge on any atom is 0.0477 e. The van der Waals surface area contributed by atoms with Gasteiger partial charge in [-0.25, -0.2) is 0 Å². The van der Waals surface area contributed by atoms with Crippen molar-refractivity contribution < 1.29 is 0 Å². The van der Waals surface area contributed by atoms with Crippen LogP contribution in [0.25, 0.3) is 48.8 Å². The van der Waals surface area contributed by atoms with Gasteiger partial charge in [0.2, 0.25) is 0 Å². The Labute approximate surface area is 487 Å². The largest absolute Gasteiger partial charge is 0.139 e. The first-order chi connectivity index (χ1) is 36.7. The molecule has 7 heterocycles. The highest BCUT2D eigenvalue weighted by Gasteiger charge is 2.18. The minimum atomic E-state index is 1.23. The van der Waals surface area contributed by atoms with E-state index in [1.165, 1.54) is 274 Å². The Bertz CT molecular complexity index is 2410. The van der Waals surface area contributed by atoms with E-state index in [9.17, 15) is 0 Å². The summed E-state index contributed by atoms with van der Waals surface area (Å²) in [5, 5.41) is 0. The van der Waals surface area contributed by atoms with Gasteiger partial charge in [-0.15, -0.1) is 79.4 Å². The smallest absolute Gasteiger partial charge is 0.0477 e. The molecule has 7 heteroatoms. The lowest BCUT2D eigenvalue weighted by Crippen LogP contribution is -1.86. The molecule has 0 radical (unpaired) electrons. The fourth-order valence-corrected chi connectivity index (χ4v) is 18.6. The highest BCUT2D eigenvalue weighted by Crippen LogP contribution is 2.47. The fourth-order valence-electron chi connectivity index (χ4n) is 10.7. The second kappa shape index (κ2) is 35.5. The maximum absolute atomic E-state index is 2.46. The fraction of sp³-hybridized carbons (Fsp3) is 0.588. The Balaban J connectivity index is 0.000000270. The van der Waals surface area contributed by atoms with Crippen molar-refractivity contribution in [1.29, 1.82) is 0 Å². The van der Waals surface area contributed by atoms with Crippen molar-refractivity contribution in [2.24, 2.45) is 0 Å². The molecule has 0 aliphatic carbocycles. The number of unbranched alkanes of at least 4 members (excludes halogenated alkanes) is 24. The zero-order chi connectivity index (χ0) is 53.0. The molecule has 75 heavy (non-hydrogen) atoms. The van der Waals surface area contributed by atoms with Crippen LogP contribution in [-0.4, -0.2) is 0 Å². The lowest BCUT2D eigenvalue weighted by Gasteiger charge is -2.04. The predicted octanol–water partition coefficient (Wildman–Crippen LogP) is 26.5. The summed E-state index contributed by atoms with van der Waals surface area (Å²) in [6.07, 6.45) is 43.7. The lowest BCUT2D eigenvalue weighted by molar-refractivity contribution is 0.556. The molecule has 0 aliphatic heterocycles. The quantitative estimate of drug-likeness (QED) is 0.0341. The van der Waals surface area contributed by atoms with E-state index in [0.717, 1.165) is 0 Å². The summed E-state index contributed by atoms with van der Waals surface area (Å²) in [7, 11) is 0. The predicted molar refractivity (Wildman–Crippen MR) is 351 cm³/mol. The number of aryl methyl sites for hydroxylation is 8. The van der Waals surface area contributed by atoms with Gasteiger partial charge in [0, 0.05) is 68.3 Å². The first-order valence-electron chi connectivity index (χ1n) is 30.4. The molecule has 7 rings (SSSR count). The van der Waals surface area contributed by atoms with Crippen LogP contribution in [0, 0.1) is 27.7 Å².